The van der Waals surface area contributed by atoms with E-state index in [-0.39, 0.29) is 5.41 Å². The van der Waals surface area contributed by atoms with Gasteiger partial charge in [0.05, 0.1) is 6.54 Å². The molecule has 0 amide bonds. The average Bonchev–Trinajstić information content (AvgIpc) is 2.82. The summed E-state index contributed by atoms with van der Waals surface area (Å²) in [5.41, 5.74) is 2.15. The molecule has 0 aliphatic carbocycles. The Hall–Kier alpha value is -1.55. The van der Waals surface area contributed by atoms with Crippen molar-refractivity contribution in [3.8, 4) is 0 Å². The predicted molar refractivity (Wildman–Crippen MR) is 87.8 cm³/mol. The molecule has 0 N–H and O–H groups in total. The van der Waals surface area contributed by atoms with E-state index in [0.29, 0.717) is 12.4 Å². The van der Waals surface area contributed by atoms with Gasteiger partial charge in [-0.25, -0.2) is 9.97 Å². The van der Waals surface area contributed by atoms with Gasteiger partial charge >= 0.3 is 0 Å². The molecular formula is C16H23ClN4. The summed E-state index contributed by atoms with van der Waals surface area (Å²) in [6, 6.07) is 4.14. The van der Waals surface area contributed by atoms with Crippen molar-refractivity contribution in [2.45, 2.75) is 38.6 Å². The van der Waals surface area contributed by atoms with Gasteiger partial charge in [-0.1, -0.05) is 20.8 Å². The van der Waals surface area contributed by atoms with E-state index in [9.17, 15) is 0 Å². The van der Waals surface area contributed by atoms with Crippen LogP contribution in [0.1, 0.15) is 37.9 Å². The van der Waals surface area contributed by atoms with E-state index in [4.69, 9.17) is 16.6 Å². The van der Waals surface area contributed by atoms with Crippen molar-refractivity contribution in [2.75, 3.05) is 11.9 Å². The first-order valence-corrected chi connectivity index (χ1v) is 7.59. The predicted octanol–water partition coefficient (Wildman–Crippen LogP) is 3.49. The zero-order chi connectivity index (χ0) is 15.6. The molecule has 2 rings (SSSR count). The lowest BCUT2D eigenvalue weighted by Crippen LogP contribution is -2.22. The second kappa shape index (κ2) is 6.06. The maximum Gasteiger partial charge on any atom is 0.129 e. The summed E-state index contributed by atoms with van der Waals surface area (Å²) in [5.74, 6) is 2.43. The van der Waals surface area contributed by atoms with Crippen molar-refractivity contribution in [2.24, 2.45) is 7.05 Å². The highest BCUT2D eigenvalue weighted by molar-refractivity contribution is 6.17. The van der Waals surface area contributed by atoms with Crippen LogP contribution in [0.4, 0.5) is 5.82 Å². The fourth-order valence-corrected chi connectivity index (χ4v) is 2.22. The fraction of sp³-hybridized carbons (Fsp3) is 0.500. The molecule has 0 bridgehead atoms. The number of rotatable bonds is 4. The number of halogens is 1. The molecule has 0 atom stereocenters. The molecule has 0 aliphatic heterocycles. The molecule has 2 aromatic rings. The minimum atomic E-state index is 0.000875. The molecular weight excluding hydrogens is 284 g/mol. The lowest BCUT2D eigenvalue weighted by Gasteiger charge is -2.24. The van der Waals surface area contributed by atoms with Gasteiger partial charge in [-0.05, 0) is 17.7 Å². The molecule has 0 fully saturated rings. The Balaban J connectivity index is 2.32. The van der Waals surface area contributed by atoms with Gasteiger partial charge in [0.25, 0.3) is 0 Å². The standard InChI is InChI=1S/C16H23ClN4/c1-16(2,3)13-8-12(10-17)9-14(19-13)21(5)11-15-18-6-7-20(15)4/h6-9H,10-11H2,1-5H3. The quantitative estimate of drug-likeness (QED) is 0.811. The van der Waals surface area contributed by atoms with Gasteiger partial charge in [-0.15, -0.1) is 11.6 Å². The van der Waals surface area contributed by atoms with Crippen LogP contribution in [0.5, 0.6) is 0 Å². The molecule has 0 unspecified atom stereocenters. The third-order valence-corrected chi connectivity index (χ3v) is 3.79. The highest BCUT2D eigenvalue weighted by Crippen LogP contribution is 2.25. The SMILES string of the molecule is CN(Cc1nccn1C)c1cc(CCl)cc(C(C)(C)C)n1. The Kier molecular flexibility index (Phi) is 4.57. The second-order valence-corrected chi connectivity index (χ2v) is 6.68. The maximum atomic E-state index is 6.03. The fourth-order valence-electron chi connectivity index (χ4n) is 2.07. The molecule has 114 valence electrons. The minimum Gasteiger partial charge on any atom is -0.352 e. The monoisotopic (exact) mass is 306 g/mol. The van der Waals surface area contributed by atoms with Crippen LogP contribution in [0.2, 0.25) is 0 Å². The van der Waals surface area contributed by atoms with E-state index in [1.54, 1.807) is 0 Å². The van der Waals surface area contributed by atoms with Crippen molar-refractivity contribution in [3.63, 3.8) is 0 Å². The van der Waals surface area contributed by atoms with Gasteiger partial charge in [0, 0.05) is 43.5 Å². The van der Waals surface area contributed by atoms with E-state index in [0.717, 1.165) is 22.9 Å². The van der Waals surface area contributed by atoms with Gasteiger partial charge in [0.1, 0.15) is 11.6 Å². The Morgan fingerprint density at radius 1 is 1.29 bits per heavy atom. The molecule has 0 spiro atoms. The number of hydrogen-bond donors (Lipinski definition) is 0. The van der Waals surface area contributed by atoms with E-state index in [1.165, 1.54) is 0 Å². The third-order valence-electron chi connectivity index (χ3n) is 3.48. The highest BCUT2D eigenvalue weighted by atomic mass is 35.5. The molecule has 0 aromatic carbocycles. The first-order chi connectivity index (χ1) is 9.81. The summed E-state index contributed by atoms with van der Waals surface area (Å²) >= 11 is 6.03. The van der Waals surface area contributed by atoms with E-state index in [2.05, 4.69) is 36.7 Å². The summed E-state index contributed by atoms with van der Waals surface area (Å²) in [6.07, 6.45) is 3.76. The summed E-state index contributed by atoms with van der Waals surface area (Å²) < 4.78 is 2.02. The molecule has 0 saturated carbocycles. The largest absolute Gasteiger partial charge is 0.352 e. The van der Waals surface area contributed by atoms with Gasteiger partial charge in [-0.2, -0.15) is 0 Å². The molecule has 4 nitrogen and oxygen atoms in total. The van der Waals surface area contributed by atoms with Crippen LogP contribution < -0.4 is 4.90 Å². The number of aromatic nitrogens is 3. The lowest BCUT2D eigenvalue weighted by molar-refractivity contribution is 0.567. The molecule has 0 saturated heterocycles. The van der Waals surface area contributed by atoms with Gasteiger partial charge in [0.15, 0.2) is 0 Å². The number of anilines is 1. The maximum absolute atomic E-state index is 6.03. The second-order valence-electron chi connectivity index (χ2n) is 6.41. The first kappa shape index (κ1) is 15.8. The molecule has 5 heteroatoms. The summed E-state index contributed by atoms with van der Waals surface area (Å²) in [7, 11) is 4.03. The molecule has 21 heavy (non-hydrogen) atoms. The zero-order valence-electron chi connectivity index (χ0n) is 13.4. The van der Waals surface area contributed by atoms with Crippen LogP contribution in [-0.4, -0.2) is 21.6 Å². The van der Waals surface area contributed by atoms with Gasteiger partial charge in [0.2, 0.25) is 0 Å². The van der Waals surface area contributed by atoms with Crippen LogP contribution in [0.15, 0.2) is 24.5 Å². The summed E-state index contributed by atoms with van der Waals surface area (Å²) in [4.78, 5) is 11.3. The van der Waals surface area contributed by atoms with Crippen LogP contribution in [-0.2, 0) is 24.9 Å². The van der Waals surface area contributed by atoms with E-state index in [1.807, 2.05) is 37.1 Å². The first-order valence-electron chi connectivity index (χ1n) is 7.06. The molecule has 2 aromatic heterocycles. The molecule has 0 aliphatic rings. The van der Waals surface area contributed by atoms with Crippen molar-refractivity contribution < 1.29 is 0 Å². The number of alkyl halides is 1. The Morgan fingerprint density at radius 2 is 2.00 bits per heavy atom. The minimum absolute atomic E-state index is 0.000875. The van der Waals surface area contributed by atoms with Crippen molar-refractivity contribution in [1.82, 2.24) is 14.5 Å². The number of aryl methyl sites for hydroxylation is 1. The number of imidazole rings is 1. The van der Waals surface area contributed by atoms with Gasteiger partial charge < -0.3 is 9.47 Å². The number of hydrogen-bond acceptors (Lipinski definition) is 3. The van der Waals surface area contributed by atoms with Crippen molar-refractivity contribution >= 4 is 17.4 Å². The zero-order valence-corrected chi connectivity index (χ0v) is 14.1. The number of pyridine rings is 1. The summed E-state index contributed by atoms with van der Waals surface area (Å²) in [6.45, 7) is 7.20. The Morgan fingerprint density at radius 3 is 2.52 bits per heavy atom. The number of nitrogens with zero attached hydrogens (tertiary/aromatic N) is 4. The smallest absolute Gasteiger partial charge is 0.129 e. The average molecular weight is 307 g/mol. The topological polar surface area (TPSA) is 34.0 Å². The normalized spacial score (nSPS) is 11.7. The lowest BCUT2D eigenvalue weighted by atomic mass is 9.91. The molecule has 0 radical (unpaired) electrons. The van der Waals surface area contributed by atoms with E-state index < -0.39 is 0 Å². The highest BCUT2D eigenvalue weighted by Gasteiger charge is 2.18. The van der Waals surface area contributed by atoms with Crippen LogP contribution in [0.3, 0.4) is 0 Å². The van der Waals surface area contributed by atoms with Crippen LogP contribution >= 0.6 is 11.6 Å². The molecule has 2 heterocycles. The van der Waals surface area contributed by atoms with Crippen LogP contribution in [0.25, 0.3) is 0 Å². The van der Waals surface area contributed by atoms with Crippen molar-refractivity contribution in [3.05, 3.63) is 41.6 Å². The van der Waals surface area contributed by atoms with Crippen molar-refractivity contribution in [1.29, 1.82) is 0 Å². The third kappa shape index (κ3) is 3.76. The van der Waals surface area contributed by atoms with E-state index >= 15 is 0 Å². The van der Waals surface area contributed by atoms with Crippen LogP contribution in [0, 0.1) is 0 Å². The summed E-state index contributed by atoms with van der Waals surface area (Å²) in [5, 5.41) is 0. The Bertz CT molecular complexity index is 613. The van der Waals surface area contributed by atoms with Gasteiger partial charge in [-0.3, -0.25) is 0 Å². The Labute approximate surface area is 131 Å².